The van der Waals surface area contributed by atoms with Gasteiger partial charge in [-0.05, 0) is 18.9 Å². The molecule has 2 aromatic rings. The molecule has 0 saturated carbocycles. The second-order valence-corrected chi connectivity index (χ2v) is 5.45. The van der Waals surface area contributed by atoms with E-state index in [9.17, 15) is 14.9 Å². The van der Waals surface area contributed by atoms with Crippen LogP contribution in [0.15, 0.2) is 27.8 Å². The predicted molar refractivity (Wildman–Crippen MR) is 78.8 cm³/mol. The largest absolute Gasteiger partial charge is 0.442 e. The maximum Gasteiger partial charge on any atom is 0.442 e. The number of carbonyl (C=O) groups is 1. The van der Waals surface area contributed by atoms with E-state index in [1.165, 1.54) is 12.4 Å². The maximum atomic E-state index is 12.2. The molecule has 9 heteroatoms. The fourth-order valence-electron chi connectivity index (χ4n) is 1.76. The number of hydrogen-bond donors (Lipinski definition) is 1. The number of nitriles is 1. The Labute approximate surface area is 132 Å². The molecule has 0 aliphatic rings. The maximum absolute atomic E-state index is 12.2. The van der Waals surface area contributed by atoms with Gasteiger partial charge < -0.3 is 5.32 Å². The van der Waals surface area contributed by atoms with E-state index in [2.05, 4.69) is 31.0 Å². The summed E-state index contributed by atoms with van der Waals surface area (Å²) in [5.41, 5.74) is -1.04. The van der Waals surface area contributed by atoms with Crippen molar-refractivity contribution in [3.05, 3.63) is 29.0 Å². The Balaban J connectivity index is 2.25. The minimum absolute atomic E-state index is 0.0500. The van der Waals surface area contributed by atoms with Gasteiger partial charge in [-0.1, -0.05) is 19.0 Å². The fraction of sp³-hybridized carbons (Fsp3) is 0.429. The number of hydrogen-bond acceptors (Lipinski definition) is 7. The van der Waals surface area contributed by atoms with Crippen LogP contribution in [0.2, 0.25) is 0 Å². The van der Waals surface area contributed by atoms with Crippen LogP contribution in [0.4, 0.5) is 0 Å². The molecule has 0 bridgehead atoms. The summed E-state index contributed by atoms with van der Waals surface area (Å²) in [6.07, 6.45) is 2.97. The molecule has 120 valence electrons. The van der Waals surface area contributed by atoms with Crippen LogP contribution in [0, 0.1) is 17.2 Å². The molecule has 0 aliphatic heterocycles. The first-order valence-electron chi connectivity index (χ1n) is 6.93. The Bertz CT molecular complexity index is 789. The van der Waals surface area contributed by atoms with Gasteiger partial charge in [-0.2, -0.15) is 5.26 Å². The van der Waals surface area contributed by atoms with Gasteiger partial charge in [0.05, 0.1) is 6.07 Å². The molecule has 2 heterocycles. The van der Waals surface area contributed by atoms with Crippen molar-refractivity contribution in [1.29, 1.82) is 5.26 Å². The average molecular weight is 316 g/mol. The molecule has 9 nitrogen and oxygen atoms in total. The molecule has 0 spiro atoms. The highest BCUT2D eigenvalue weighted by molar-refractivity contribution is 5.77. The molecular weight excluding hydrogens is 300 g/mol. The summed E-state index contributed by atoms with van der Waals surface area (Å²) in [5.74, 6) is -1.20. The van der Waals surface area contributed by atoms with Crippen LogP contribution in [0.5, 0.6) is 0 Å². The summed E-state index contributed by atoms with van der Waals surface area (Å²) in [4.78, 5) is 31.9. The highest BCUT2D eigenvalue weighted by Gasteiger charge is 2.30. The fourth-order valence-corrected chi connectivity index (χ4v) is 1.76. The summed E-state index contributed by atoms with van der Waals surface area (Å²) in [5, 5.41) is 15.4. The molecule has 2 aromatic heterocycles. The van der Waals surface area contributed by atoms with Crippen LogP contribution in [0.25, 0.3) is 11.6 Å². The molecule has 0 fully saturated rings. The monoisotopic (exact) mass is 316 g/mol. The molecular formula is C14H16N6O3. The van der Waals surface area contributed by atoms with Gasteiger partial charge in [-0.25, -0.2) is 19.3 Å². The molecule has 1 amide bonds. The van der Waals surface area contributed by atoms with Crippen LogP contribution >= 0.6 is 0 Å². The van der Waals surface area contributed by atoms with E-state index < -0.39 is 17.2 Å². The van der Waals surface area contributed by atoms with Gasteiger partial charge in [0.1, 0.15) is 12.1 Å². The second kappa shape index (κ2) is 6.39. The average Bonchev–Trinajstić information content (AvgIpc) is 2.88. The van der Waals surface area contributed by atoms with E-state index in [0.717, 1.165) is 4.57 Å². The molecule has 0 radical (unpaired) electrons. The topological polar surface area (TPSA) is 127 Å². The van der Waals surface area contributed by atoms with Crippen LogP contribution in [0.1, 0.15) is 20.8 Å². The molecule has 1 N–H and O–H groups in total. The normalized spacial score (nSPS) is 13.3. The van der Waals surface area contributed by atoms with Gasteiger partial charge in [0.25, 0.3) is 0 Å². The summed E-state index contributed by atoms with van der Waals surface area (Å²) >= 11 is 0. The smallest absolute Gasteiger partial charge is 0.336 e. The van der Waals surface area contributed by atoms with Gasteiger partial charge in [0, 0.05) is 12.4 Å². The number of nitrogens with one attached hydrogen (secondary N) is 1. The summed E-state index contributed by atoms with van der Waals surface area (Å²) in [6.45, 7) is 4.91. The lowest BCUT2D eigenvalue weighted by Gasteiger charge is -2.27. The summed E-state index contributed by atoms with van der Waals surface area (Å²) < 4.78 is 5.60. The van der Waals surface area contributed by atoms with Crippen molar-refractivity contribution in [3.8, 4) is 17.7 Å². The van der Waals surface area contributed by atoms with E-state index in [4.69, 9.17) is 0 Å². The van der Waals surface area contributed by atoms with Crippen molar-refractivity contribution in [3.63, 3.8) is 0 Å². The quantitative estimate of drug-likeness (QED) is 0.843. The molecule has 0 aliphatic carbocycles. The van der Waals surface area contributed by atoms with E-state index in [-0.39, 0.29) is 24.1 Å². The van der Waals surface area contributed by atoms with Gasteiger partial charge in [-0.15, -0.1) is 0 Å². The minimum Gasteiger partial charge on any atom is -0.336 e. The standard InChI is InChI=1S/C14H16N6O3/c1-9(2)14(3,8-15)18-10(21)7-20-12(19-23-13(20)22)11-16-5-4-6-17-11/h4-6,9H,7H2,1-3H3,(H,18,21)/t14-/m0/s1. The SMILES string of the molecule is CC(C)[C@](C)(C#N)NC(=O)Cn1c(-c2ncccn2)noc1=O. The number of amides is 1. The molecule has 1 atom stereocenters. The van der Waals surface area contributed by atoms with Gasteiger partial charge in [-0.3, -0.25) is 9.32 Å². The number of nitrogens with zero attached hydrogens (tertiary/aromatic N) is 5. The third-order valence-corrected chi connectivity index (χ3v) is 3.54. The van der Waals surface area contributed by atoms with E-state index in [1.54, 1.807) is 13.0 Å². The lowest BCUT2D eigenvalue weighted by molar-refractivity contribution is -0.123. The van der Waals surface area contributed by atoms with Gasteiger partial charge in [0.2, 0.25) is 11.7 Å². The van der Waals surface area contributed by atoms with Crippen molar-refractivity contribution in [2.75, 3.05) is 0 Å². The van der Waals surface area contributed by atoms with E-state index in [0.29, 0.717) is 0 Å². The molecule has 0 saturated heterocycles. The van der Waals surface area contributed by atoms with E-state index >= 15 is 0 Å². The number of aromatic nitrogens is 4. The van der Waals surface area contributed by atoms with Crippen LogP contribution < -0.4 is 11.1 Å². The highest BCUT2D eigenvalue weighted by atomic mass is 16.5. The third kappa shape index (κ3) is 3.42. The van der Waals surface area contributed by atoms with Crippen molar-refractivity contribution in [1.82, 2.24) is 25.0 Å². The Morgan fingerprint density at radius 3 is 2.70 bits per heavy atom. The Morgan fingerprint density at radius 2 is 2.13 bits per heavy atom. The first-order chi connectivity index (χ1) is 10.9. The lowest BCUT2D eigenvalue weighted by atomic mass is 9.90. The zero-order valence-corrected chi connectivity index (χ0v) is 13.0. The minimum atomic E-state index is -1.04. The van der Waals surface area contributed by atoms with Crippen molar-refractivity contribution in [2.45, 2.75) is 32.9 Å². The highest BCUT2D eigenvalue weighted by Crippen LogP contribution is 2.15. The Kier molecular flexibility index (Phi) is 4.55. The second-order valence-electron chi connectivity index (χ2n) is 5.45. The number of rotatable bonds is 5. The van der Waals surface area contributed by atoms with Crippen molar-refractivity contribution >= 4 is 5.91 Å². The van der Waals surface area contributed by atoms with Crippen LogP contribution in [-0.4, -0.2) is 31.1 Å². The van der Waals surface area contributed by atoms with Crippen molar-refractivity contribution < 1.29 is 9.32 Å². The van der Waals surface area contributed by atoms with Crippen molar-refractivity contribution in [2.24, 2.45) is 5.92 Å². The molecule has 0 aromatic carbocycles. The van der Waals surface area contributed by atoms with Crippen LogP contribution in [0.3, 0.4) is 0 Å². The Morgan fingerprint density at radius 1 is 1.48 bits per heavy atom. The third-order valence-electron chi connectivity index (χ3n) is 3.54. The Hall–Kier alpha value is -3.02. The predicted octanol–water partition coefficient (Wildman–Crippen LogP) is 0.348. The zero-order chi connectivity index (χ0) is 17.0. The van der Waals surface area contributed by atoms with Crippen LogP contribution in [-0.2, 0) is 11.3 Å². The number of carbonyl (C=O) groups excluding carboxylic acids is 1. The molecule has 23 heavy (non-hydrogen) atoms. The lowest BCUT2D eigenvalue weighted by Crippen LogP contribution is -2.50. The summed E-state index contributed by atoms with van der Waals surface area (Å²) in [7, 11) is 0. The van der Waals surface area contributed by atoms with E-state index in [1.807, 2.05) is 13.8 Å². The first-order valence-corrected chi connectivity index (χ1v) is 6.93. The zero-order valence-electron chi connectivity index (χ0n) is 13.0. The van der Waals surface area contributed by atoms with Gasteiger partial charge in [0.15, 0.2) is 5.82 Å². The van der Waals surface area contributed by atoms with Gasteiger partial charge >= 0.3 is 5.76 Å². The molecule has 0 unspecified atom stereocenters. The molecule has 2 rings (SSSR count). The summed E-state index contributed by atoms with van der Waals surface area (Å²) in [6, 6.07) is 3.68. The first kappa shape index (κ1) is 16.4.